The predicted molar refractivity (Wildman–Crippen MR) is 104 cm³/mol. The highest BCUT2D eigenvalue weighted by Gasteiger charge is 2.12. The number of nitrogens with zero attached hydrogens (tertiary/aromatic N) is 1. The maximum absolute atomic E-state index is 12.4. The minimum atomic E-state index is -0.415. The highest BCUT2D eigenvalue weighted by molar-refractivity contribution is 9.10. The number of phenols is 1. The molecular formula is C20H15BrN2O3. The second-order valence-corrected chi connectivity index (χ2v) is 6.23. The van der Waals surface area contributed by atoms with Crippen molar-refractivity contribution in [3.05, 3.63) is 88.4 Å². The molecule has 2 N–H and O–H groups in total. The molecule has 0 bridgehead atoms. The molecule has 3 rings (SSSR count). The summed E-state index contributed by atoms with van der Waals surface area (Å²) in [5.74, 6) is 0.716. The Morgan fingerprint density at radius 3 is 2.58 bits per heavy atom. The van der Waals surface area contributed by atoms with E-state index in [2.05, 4.69) is 26.5 Å². The third-order valence-electron chi connectivity index (χ3n) is 3.46. The number of aromatic hydroxyl groups is 1. The van der Waals surface area contributed by atoms with E-state index in [4.69, 9.17) is 4.74 Å². The molecule has 1 amide bonds. The third-order valence-corrected chi connectivity index (χ3v) is 3.96. The van der Waals surface area contributed by atoms with Gasteiger partial charge in [-0.3, -0.25) is 4.79 Å². The van der Waals surface area contributed by atoms with Gasteiger partial charge in [0.25, 0.3) is 5.91 Å². The second kappa shape index (κ2) is 8.31. The summed E-state index contributed by atoms with van der Waals surface area (Å²) in [5, 5.41) is 13.7. The highest BCUT2D eigenvalue weighted by atomic mass is 79.9. The molecule has 5 nitrogen and oxygen atoms in total. The minimum absolute atomic E-state index is 0.0685. The molecule has 26 heavy (non-hydrogen) atoms. The SMILES string of the molecule is O=C(NN=Cc1cc(Br)ccc1O)c1ccccc1Oc1ccccc1. The lowest BCUT2D eigenvalue weighted by Crippen LogP contribution is -2.18. The number of rotatable bonds is 5. The lowest BCUT2D eigenvalue weighted by molar-refractivity contribution is 0.0953. The fourth-order valence-corrected chi connectivity index (χ4v) is 2.59. The number of halogens is 1. The zero-order chi connectivity index (χ0) is 18.4. The number of amides is 1. The number of phenolic OH excluding ortho intramolecular Hbond substituents is 1. The Hall–Kier alpha value is -3.12. The van der Waals surface area contributed by atoms with E-state index in [0.29, 0.717) is 22.6 Å². The Morgan fingerprint density at radius 2 is 1.77 bits per heavy atom. The van der Waals surface area contributed by atoms with Crippen LogP contribution in [0.4, 0.5) is 0 Å². The largest absolute Gasteiger partial charge is 0.507 e. The molecule has 130 valence electrons. The Bertz CT molecular complexity index is 943. The standard InChI is InChI=1S/C20H15BrN2O3/c21-15-10-11-18(24)14(12-15)13-22-23-20(25)17-8-4-5-9-19(17)26-16-6-2-1-3-7-16/h1-13,24H,(H,23,25). The van der Waals surface area contributed by atoms with Crippen molar-refractivity contribution in [1.82, 2.24) is 5.43 Å². The van der Waals surface area contributed by atoms with Crippen LogP contribution < -0.4 is 10.2 Å². The number of carbonyl (C=O) groups excluding carboxylic acids is 1. The molecule has 0 radical (unpaired) electrons. The number of hydrazone groups is 1. The molecule has 0 aliphatic carbocycles. The first-order valence-electron chi connectivity index (χ1n) is 7.77. The molecule has 0 unspecified atom stereocenters. The molecule has 0 saturated carbocycles. The topological polar surface area (TPSA) is 70.9 Å². The van der Waals surface area contributed by atoms with Gasteiger partial charge >= 0.3 is 0 Å². The van der Waals surface area contributed by atoms with Crippen LogP contribution >= 0.6 is 15.9 Å². The van der Waals surface area contributed by atoms with Crippen molar-refractivity contribution in [2.24, 2.45) is 5.10 Å². The number of hydrogen-bond acceptors (Lipinski definition) is 4. The summed E-state index contributed by atoms with van der Waals surface area (Å²) in [6, 6.07) is 21.1. The number of para-hydroxylation sites is 2. The van der Waals surface area contributed by atoms with Crippen molar-refractivity contribution >= 4 is 28.1 Å². The second-order valence-electron chi connectivity index (χ2n) is 5.31. The maximum Gasteiger partial charge on any atom is 0.275 e. The van der Waals surface area contributed by atoms with E-state index in [-0.39, 0.29) is 5.75 Å². The van der Waals surface area contributed by atoms with E-state index in [1.165, 1.54) is 12.3 Å². The monoisotopic (exact) mass is 410 g/mol. The van der Waals surface area contributed by atoms with Crippen LogP contribution in [0, 0.1) is 0 Å². The van der Waals surface area contributed by atoms with Gasteiger partial charge in [0.15, 0.2) is 0 Å². The summed E-state index contributed by atoms with van der Waals surface area (Å²) in [4.78, 5) is 12.4. The van der Waals surface area contributed by atoms with Crippen molar-refractivity contribution in [3.8, 4) is 17.2 Å². The summed E-state index contributed by atoms with van der Waals surface area (Å²) in [6.45, 7) is 0. The normalized spacial score (nSPS) is 10.7. The molecule has 3 aromatic rings. The highest BCUT2D eigenvalue weighted by Crippen LogP contribution is 2.25. The van der Waals surface area contributed by atoms with Crippen molar-refractivity contribution in [2.75, 3.05) is 0 Å². The van der Waals surface area contributed by atoms with Gasteiger partial charge in [0.2, 0.25) is 0 Å². The Morgan fingerprint density at radius 1 is 1.04 bits per heavy atom. The van der Waals surface area contributed by atoms with Crippen LogP contribution in [-0.4, -0.2) is 17.2 Å². The molecule has 0 aromatic heterocycles. The van der Waals surface area contributed by atoms with Crippen LogP contribution in [0.5, 0.6) is 17.2 Å². The molecule has 0 fully saturated rings. The van der Waals surface area contributed by atoms with Crippen molar-refractivity contribution in [1.29, 1.82) is 0 Å². The molecule has 0 atom stereocenters. The van der Waals surface area contributed by atoms with E-state index < -0.39 is 5.91 Å². The van der Waals surface area contributed by atoms with Crippen molar-refractivity contribution < 1.29 is 14.6 Å². The van der Waals surface area contributed by atoms with Gasteiger partial charge in [0.05, 0.1) is 11.8 Å². The van der Waals surface area contributed by atoms with Gasteiger partial charge in [-0.05, 0) is 42.5 Å². The van der Waals surface area contributed by atoms with E-state index >= 15 is 0 Å². The summed E-state index contributed by atoms with van der Waals surface area (Å²) >= 11 is 3.32. The van der Waals surface area contributed by atoms with Gasteiger partial charge in [-0.25, -0.2) is 5.43 Å². The number of hydrogen-bond donors (Lipinski definition) is 2. The molecule has 3 aromatic carbocycles. The van der Waals surface area contributed by atoms with Crippen LogP contribution in [0.25, 0.3) is 0 Å². The van der Waals surface area contributed by atoms with E-state index in [1.807, 2.05) is 30.3 Å². The zero-order valence-corrected chi connectivity index (χ0v) is 15.2. The smallest absolute Gasteiger partial charge is 0.275 e. The van der Waals surface area contributed by atoms with Crippen LogP contribution in [0.1, 0.15) is 15.9 Å². The fourth-order valence-electron chi connectivity index (χ4n) is 2.21. The first kappa shape index (κ1) is 17.7. The van der Waals surface area contributed by atoms with Crippen LogP contribution in [0.3, 0.4) is 0 Å². The lowest BCUT2D eigenvalue weighted by Gasteiger charge is -2.09. The summed E-state index contributed by atoms with van der Waals surface area (Å²) < 4.78 is 6.57. The molecule has 0 saturated heterocycles. The molecular weight excluding hydrogens is 396 g/mol. The number of carbonyl (C=O) groups is 1. The summed E-state index contributed by atoms with van der Waals surface area (Å²) in [7, 11) is 0. The Labute approximate surface area is 159 Å². The third kappa shape index (κ3) is 4.49. The number of ether oxygens (including phenoxy) is 1. The van der Waals surface area contributed by atoms with Gasteiger partial charge in [0, 0.05) is 10.0 Å². The van der Waals surface area contributed by atoms with Gasteiger partial charge < -0.3 is 9.84 Å². The van der Waals surface area contributed by atoms with E-state index in [1.54, 1.807) is 36.4 Å². The van der Waals surface area contributed by atoms with Crippen molar-refractivity contribution in [3.63, 3.8) is 0 Å². The van der Waals surface area contributed by atoms with Crippen LogP contribution in [0.2, 0.25) is 0 Å². The van der Waals surface area contributed by atoms with Gasteiger partial charge in [-0.15, -0.1) is 0 Å². The zero-order valence-electron chi connectivity index (χ0n) is 13.6. The number of benzene rings is 3. The predicted octanol–water partition coefficient (Wildman–Crippen LogP) is 4.71. The first-order valence-corrected chi connectivity index (χ1v) is 8.56. The molecule has 6 heteroatoms. The van der Waals surface area contributed by atoms with Gasteiger partial charge in [-0.2, -0.15) is 5.10 Å². The van der Waals surface area contributed by atoms with E-state index in [0.717, 1.165) is 4.47 Å². The first-order chi connectivity index (χ1) is 12.6. The quantitative estimate of drug-likeness (QED) is 0.472. The lowest BCUT2D eigenvalue weighted by atomic mass is 10.2. The van der Waals surface area contributed by atoms with Gasteiger partial charge in [0.1, 0.15) is 17.2 Å². The van der Waals surface area contributed by atoms with Crippen molar-refractivity contribution in [2.45, 2.75) is 0 Å². The average Bonchev–Trinajstić information content (AvgIpc) is 2.66. The molecule has 0 aliphatic heterocycles. The maximum atomic E-state index is 12.4. The van der Waals surface area contributed by atoms with E-state index in [9.17, 15) is 9.90 Å². The molecule has 0 aliphatic rings. The molecule has 0 heterocycles. The Kier molecular flexibility index (Phi) is 5.66. The van der Waals surface area contributed by atoms with Gasteiger partial charge in [-0.1, -0.05) is 46.3 Å². The molecule has 0 spiro atoms. The minimum Gasteiger partial charge on any atom is -0.507 e. The fraction of sp³-hybridized carbons (Fsp3) is 0. The summed E-state index contributed by atoms with van der Waals surface area (Å²) in [6.07, 6.45) is 1.37. The Balaban J connectivity index is 1.74. The number of nitrogens with one attached hydrogen (secondary N) is 1. The summed E-state index contributed by atoms with van der Waals surface area (Å²) in [5.41, 5.74) is 3.28. The average molecular weight is 411 g/mol. The van der Waals surface area contributed by atoms with Crippen LogP contribution in [-0.2, 0) is 0 Å². The van der Waals surface area contributed by atoms with Crippen LogP contribution in [0.15, 0.2) is 82.4 Å².